The summed E-state index contributed by atoms with van der Waals surface area (Å²) in [5.41, 5.74) is 0. The van der Waals surface area contributed by atoms with Crippen LogP contribution < -0.4 is 5.30 Å². The minimum Gasteiger partial charge on any atom is -0.137 e. The topological polar surface area (TPSA) is 0 Å². The second-order valence-corrected chi connectivity index (χ2v) is 9.29. The van der Waals surface area contributed by atoms with Gasteiger partial charge in [-0.1, -0.05) is 77.4 Å². The highest BCUT2D eigenvalue weighted by Crippen LogP contribution is 2.55. The van der Waals surface area contributed by atoms with Gasteiger partial charge in [0.15, 0.2) is 0 Å². The largest absolute Gasteiger partial charge is 0.137 e. The lowest BCUT2D eigenvalue weighted by atomic mass is 9.69. The molecule has 0 spiro atoms. The molecule has 2 aliphatic carbocycles. The SMILES string of the molecule is PCC(Pc1ccccc1)([C]1CCCCC1)C1CCCCC1. The Kier molecular flexibility index (Phi) is 6.35. The standard InChI is InChI=1S/C20H31P2/c21-16-20(17-10-4-1-5-11-17,18-12-6-2-7-13-18)22-19-14-8-3-9-15-19/h3,8-9,14-15,17,22H,1-2,4-7,10-13,16,21H2. The zero-order valence-corrected chi connectivity index (χ0v) is 16.0. The lowest BCUT2D eigenvalue weighted by molar-refractivity contribution is 0.277. The highest BCUT2D eigenvalue weighted by Gasteiger charge is 2.44. The molecule has 3 unspecified atom stereocenters. The van der Waals surface area contributed by atoms with Crippen molar-refractivity contribution in [2.45, 2.75) is 69.4 Å². The molecule has 121 valence electrons. The predicted octanol–water partition coefficient (Wildman–Crippen LogP) is 5.72. The average molecular weight is 333 g/mol. The molecule has 22 heavy (non-hydrogen) atoms. The van der Waals surface area contributed by atoms with E-state index in [9.17, 15) is 0 Å². The first kappa shape index (κ1) is 16.9. The first-order valence-corrected chi connectivity index (χ1v) is 11.1. The monoisotopic (exact) mass is 333 g/mol. The third-order valence-electron chi connectivity index (χ3n) is 5.85. The molecule has 0 aliphatic heterocycles. The minimum atomic E-state index is 0.493. The van der Waals surface area contributed by atoms with Crippen molar-refractivity contribution >= 4 is 23.1 Å². The number of benzene rings is 1. The van der Waals surface area contributed by atoms with E-state index >= 15 is 0 Å². The zero-order chi connectivity index (χ0) is 15.3. The Balaban J connectivity index is 1.87. The van der Waals surface area contributed by atoms with E-state index < -0.39 is 0 Å². The average Bonchev–Trinajstić information content (AvgIpc) is 2.62. The molecule has 1 radical (unpaired) electrons. The fourth-order valence-corrected chi connectivity index (χ4v) is 7.46. The van der Waals surface area contributed by atoms with Gasteiger partial charge < -0.3 is 0 Å². The van der Waals surface area contributed by atoms with Gasteiger partial charge in [-0.2, -0.15) is 0 Å². The van der Waals surface area contributed by atoms with Crippen molar-refractivity contribution in [3.05, 3.63) is 36.2 Å². The quantitative estimate of drug-likeness (QED) is 0.604. The molecular weight excluding hydrogens is 302 g/mol. The molecule has 1 aromatic carbocycles. The Labute approximate surface area is 141 Å². The Bertz CT molecular complexity index is 412. The van der Waals surface area contributed by atoms with Crippen LogP contribution in [0.3, 0.4) is 0 Å². The van der Waals surface area contributed by atoms with Crippen LogP contribution in [0, 0.1) is 11.8 Å². The van der Waals surface area contributed by atoms with E-state index in [1.54, 1.807) is 5.30 Å². The van der Waals surface area contributed by atoms with Crippen LogP contribution in [-0.4, -0.2) is 11.3 Å². The molecule has 0 saturated heterocycles. The molecule has 3 atom stereocenters. The van der Waals surface area contributed by atoms with Gasteiger partial charge in [-0.3, -0.25) is 0 Å². The molecule has 0 nitrogen and oxygen atoms in total. The number of hydrogen-bond acceptors (Lipinski definition) is 0. The van der Waals surface area contributed by atoms with Crippen molar-refractivity contribution in [1.82, 2.24) is 0 Å². The van der Waals surface area contributed by atoms with Crippen molar-refractivity contribution in [3.8, 4) is 0 Å². The smallest absolute Gasteiger partial charge is 0.00430 e. The number of hydrogen-bond donors (Lipinski definition) is 0. The fourth-order valence-electron chi connectivity index (χ4n) is 4.64. The first-order valence-electron chi connectivity index (χ1n) is 9.23. The predicted molar refractivity (Wildman–Crippen MR) is 105 cm³/mol. The maximum absolute atomic E-state index is 3.15. The van der Waals surface area contributed by atoms with E-state index in [2.05, 4.69) is 39.6 Å². The molecule has 2 saturated carbocycles. The molecule has 0 heterocycles. The van der Waals surface area contributed by atoms with Gasteiger partial charge in [0.05, 0.1) is 0 Å². The Morgan fingerprint density at radius 3 is 2.18 bits per heavy atom. The van der Waals surface area contributed by atoms with Crippen LogP contribution >= 0.6 is 17.8 Å². The Morgan fingerprint density at radius 2 is 1.55 bits per heavy atom. The molecule has 2 fully saturated rings. The summed E-state index contributed by atoms with van der Waals surface area (Å²) in [5, 5.41) is 2.07. The van der Waals surface area contributed by atoms with Crippen LogP contribution in [0.25, 0.3) is 0 Å². The molecular formula is C20H31P2. The third-order valence-corrected chi connectivity index (χ3v) is 8.94. The maximum atomic E-state index is 3.15. The van der Waals surface area contributed by atoms with Gasteiger partial charge >= 0.3 is 0 Å². The maximum Gasteiger partial charge on any atom is 0.00430 e. The normalized spacial score (nSPS) is 22.4. The minimum absolute atomic E-state index is 0.493. The van der Waals surface area contributed by atoms with Gasteiger partial charge in [-0.15, -0.1) is 9.24 Å². The van der Waals surface area contributed by atoms with Gasteiger partial charge in [0.1, 0.15) is 0 Å². The van der Waals surface area contributed by atoms with E-state index in [4.69, 9.17) is 0 Å². The van der Waals surface area contributed by atoms with Crippen LogP contribution in [0.1, 0.15) is 64.2 Å². The van der Waals surface area contributed by atoms with Crippen LogP contribution in [0.5, 0.6) is 0 Å². The highest BCUT2D eigenvalue weighted by molar-refractivity contribution is 7.50. The number of rotatable bonds is 5. The second-order valence-electron chi connectivity index (χ2n) is 7.17. The van der Waals surface area contributed by atoms with E-state index in [1.807, 2.05) is 5.92 Å². The Morgan fingerprint density at radius 1 is 0.909 bits per heavy atom. The van der Waals surface area contributed by atoms with Gasteiger partial charge in [-0.05, 0) is 49.0 Å². The van der Waals surface area contributed by atoms with Gasteiger partial charge in [-0.25, -0.2) is 0 Å². The summed E-state index contributed by atoms with van der Waals surface area (Å²) in [7, 11) is 4.12. The van der Waals surface area contributed by atoms with Crippen molar-refractivity contribution in [1.29, 1.82) is 0 Å². The molecule has 1 aromatic rings. The molecule has 0 aromatic heterocycles. The lowest BCUT2D eigenvalue weighted by Gasteiger charge is -2.49. The lowest BCUT2D eigenvalue weighted by Crippen LogP contribution is -2.44. The molecule has 0 bridgehead atoms. The van der Waals surface area contributed by atoms with Gasteiger partial charge in [0, 0.05) is 5.16 Å². The van der Waals surface area contributed by atoms with Crippen molar-refractivity contribution in [2.75, 3.05) is 6.16 Å². The second kappa shape index (κ2) is 8.26. The van der Waals surface area contributed by atoms with E-state index in [-0.39, 0.29) is 0 Å². The zero-order valence-electron chi connectivity index (χ0n) is 13.8. The van der Waals surface area contributed by atoms with E-state index in [0.717, 1.165) is 14.5 Å². The van der Waals surface area contributed by atoms with Crippen LogP contribution in [0.2, 0.25) is 0 Å². The molecule has 2 aliphatic rings. The summed E-state index contributed by atoms with van der Waals surface area (Å²) in [5.74, 6) is 2.87. The molecule has 0 N–H and O–H groups in total. The van der Waals surface area contributed by atoms with Crippen molar-refractivity contribution < 1.29 is 0 Å². The Hall–Kier alpha value is 0.0800. The van der Waals surface area contributed by atoms with Crippen LogP contribution in [0.15, 0.2) is 30.3 Å². The summed E-state index contributed by atoms with van der Waals surface area (Å²) in [6.07, 6.45) is 15.8. The summed E-state index contributed by atoms with van der Waals surface area (Å²) in [6.45, 7) is 0. The van der Waals surface area contributed by atoms with Crippen LogP contribution in [-0.2, 0) is 0 Å². The molecule has 3 rings (SSSR count). The summed E-state index contributed by atoms with van der Waals surface area (Å²) < 4.78 is 0. The molecule has 2 heteroatoms. The molecule has 0 amide bonds. The van der Waals surface area contributed by atoms with Gasteiger partial charge in [0.25, 0.3) is 0 Å². The highest BCUT2D eigenvalue weighted by atomic mass is 31.1. The van der Waals surface area contributed by atoms with Crippen molar-refractivity contribution in [2.24, 2.45) is 5.92 Å². The van der Waals surface area contributed by atoms with E-state index in [0.29, 0.717) is 5.16 Å². The summed E-state index contributed by atoms with van der Waals surface area (Å²) in [4.78, 5) is 0. The fraction of sp³-hybridized carbons (Fsp3) is 0.650. The van der Waals surface area contributed by atoms with Crippen molar-refractivity contribution in [3.63, 3.8) is 0 Å². The van der Waals surface area contributed by atoms with Crippen LogP contribution in [0.4, 0.5) is 0 Å². The summed E-state index contributed by atoms with van der Waals surface area (Å²) in [6, 6.07) is 11.3. The third kappa shape index (κ3) is 3.76. The van der Waals surface area contributed by atoms with Gasteiger partial charge in [0.2, 0.25) is 0 Å². The summed E-state index contributed by atoms with van der Waals surface area (Å²) >= 11 is 0. The first-order chi connectivity index (χ1) is 10.8. The van der Waals surface area contributed by atoms with E-state index in [1.165, 1.54) is 70.4 Å².